The highest BCUT2D eigenvalue weighted by molar-refractivity contribution is 7.85. The Morgan fingerprint density at radius 1 is 1.39 bits per heavy atom. The van der Waals surface area contributed by atoms with Gasteiger partial charge in [-0.2, -0.15) is 5.10 Å². The highest BCUT2D eigenvalue weighted by atomic mass is 35.5. The number of nitrogens with zero attached hydrogens (tertiary/aromatic N) is 2. The van der Waals surface area contributed by atoms with Gasteiger partial charge in [0.15, 0.2) is 0 Å². The van der Waals surface area contributed by atoms with E-state index in [1.807, 2.05) is 0 Å². The van der Waals surface area contributed by atoms with Crippen LogP contribution in [0.1, 0.15) is 5.56 Å². The van der Waals surface area contributed by atoms with Crippen molar-refractivity contribution in [2.45, 2.75) is 11.4 Å². The Kier molecular flexibility index (Phi) is 4.47. The molecule has 0 saturated carbocycles. The molecule has 1 heterocycles. The van der Waals surface area contributed by atoms with Gasteiger partial charge in [0.2, 0.25) is 0 Å². The van der Waals surface area contributed by atoms with E-state index < -0.39 is 10.1 Å². The van der Waals surface area contributed by atoms with Gasteiger partial charge < -0.3 is 10.7 Å². The number of aromatic nitrogens is 2. The fourth-order valence-corrected chi connectivity index (χ4v) is 2.42. The van der Waals surface area contributed by atoms with E-state index in [1.54, 1.807) is 18.5 Å². The molecule has 2 rings (SSSR count). The molecule has 0 spiro atoms. The zero-order chi connectivity index (χ0) is 12.5. The van der Waals surface area contributed by atoms with Crippen LogP contribution in [-0.4, -0.2) is 22.8 Å². The normalized spacial score (nSPS) is 11.0. The zero-order valence-electron chi connectivity index (χ0n) is 9.58. The van der Waals surface area contributed by atoms with Crippen LogP contribution < -0.4 is 6.15 Å². The maximum absolute atomic E-state index is 11.1. The summed E-state index contributed by atoms with van der Waals surface area (Å²) in [5.74, 6) is 0. The number of benzene rings is 1. The van der Waals surface area contributed by atoms with Gasteiger partial charge in [0, 0.05) is 17.4 Å². The van der Waals surface area contributed by atoms with Crippen molar-refractivity contribution in [1.29, 1.82) is 0 Å². The third-order valence-corrected chi connectivity index (χ3v) is 3.34. The SMILES string of the molecule is O=S(=O)([O-])c1cc(Cl)ccc1Cn1cccn1.[NH4+]. The first-order chi connectivity index (χ1) is 7.97. The molecule has 4 N–H and O–H groups in total. The molecular formula is C10H12ClN3O3S. The molecule has 0 amide bonds. The van der Waals surface area contributed by atoms with Gasteiger partial charge >= 0.3 is 0 Å². The van der Waals surface area contributed by atoms with Crippen molar-refractivity contribution in [2.75, 3.05) is 0 Å². The smallest absolute Gasteiger partial charge is 0.124 e. The van der Waals surface area contributed by atoms with E-state index in [-0.39, 0.29) is 22.6 Å². The Balaban J connectivity index is 0.00000162. The highest BCUT2D eigenvalue weighted by Crippen LogP contribution is 2.21. The Bertz CT molecular complexity index is 626. The number of rotatable bonds is 3. The lowest BCUT2D eigenvalue weighted by Gasteiger charge is -2.13. The van der Waals surface area contributed by atoms with Crippen LogP contribution in [-0.2, 0) is 16.7 Å². The van der Waals surface area contributed by atoms with Crippen LogP contribution in [0.5, 0.6) is 0 Å². The summed E-state index contributed by atoms with van der Waals surface area (Å²) in [5, 5.41) is 4.16. The number of quaternary nitrogens is 1. The molecule has 1 aromatic carbocycles. The molecule has 8 heteroatoms. The highest BCUT2D eigenvalue weighted by Gasteiger charge is 2.10. The molecule has 0 radical (unpaired) electrons. The van der Waals surface area contributed by atoms with Crippen molar-refractivity contribution < 1.29 is 13.0 Å². The summed E-state index contributed by atoms with van der Waals surface area (Å²) in [4.78, 5) is -0.305. The molecule has 18 heavy (non-hydrogen) atoms. The van der Waals surface area contributed by atoms with E-state index in [2.05, 4.69) is 5.10 Å². The van der Waals surface area contributed by atoms with Crippen molar-refractivity contribution in [3.05, 3.63) is 47.2 Å². The summed E-state index contributed by atoms with van der Waals surface area (Å²) in [6.07, 6.45) is 3.25. The minimum absolute atomic E-state index is 0. The van der Waals surface area contributed by atoms with Crippen molar-refractivity contribution in [3.8, 4) is 0 Å². The van der Waals surface area contributed by atoms with Crippen LogP contribution in [0.4, 0.5) is 0 Å². The van der Waals surface area contributed by atoms with Crippen molar-refractivity contribution in [1.82, 2.24) is 15.9 Å². The lowest BCUT2D eigenvalue weighted by molar-refractivity contribution is 0.461. The number of halogens is 1. The summed E-state index contributed by atoms with van der Waals surface area (Å²) in [7, 11) is -4.53. The van der Waals surface area contributed by atoms with Gasteiger partial charge in [-0.25, -0.2) is 8.42 Å². The summed E-state index contributed by atoms with van der Waals surface area (Å²) in [6, 6.07) is 5.91. The minimum atomic E-state index is -4.53. The summed E-state index contributed by atoms with van der Waals surface area (Å²) < 4.78 is 34.8. The molecule has 0 unspecified atom stereocenters. The monoisotopic (exact) mass is 289 g/mol. The van der Waals surface area contributed by atoms with Crippen LogP contribution in [0.15, 0.2) is 41.6 Å². The first-order valence-electron chi connectivity index (χ1n) is 4.68. The van der Waals surface area contributed by atoms with Gasteiger partial charge in [0.05, 0.1) is 11.4 Å². The molecule has 1 aromatic heterocycles. The molecule has 0 aliphatic carbocycles. The van der Waals surface area contributed by atoms with Crippen LogP contribution in [0.3, 0.4) is 0 Å². The first-order valence-corrected chi connectivity index (χ1v) is 6.47. The minimum Gasteiger partial charge on any atom is -0.744 e. The van der Waals surface area contributed by atoms with E-state index >= 15 is 0 Å². The molecule has 0 fully saturated rings. The Morgan fingerprint density at radius 3 is 2.67 bits per heavy atom. The van der Waals surface area contributed by atoms with Crippen LogP contribution in [0.2, 0.25) is 5.02 Å². The summed E-state index contributed by atoms with van der Waals surface area (Å²) >= 11 is 5.68. The maximum atomic E-state index is 11.1. The second-order valence-corrected chi connectivity index (χ2v) is 5.19. The second-order valence-electron chi connectivity index (χ2n) is 3.41. The predicted octanol–water partition coefficient (Wildman–Crippen LogP) is 1.87. The van der Waals surface area contributed by atoms with Gasteiger partial charge in [-0.15, -0.1) is 0 Å². The Morgan fingerprint density at radius 2 is 2.11 bits per heavy atom. The van der Waals surface area contributed by atoms with Gasteiger partial charge in [-0.3, -0.25) is 4.68 Å². The second kappa shape index (κ2) is 5.49. The van der Waals surface area contributed by atoms with E-state index in [1.165, 1.54) is 16.8 Å². The van der Waals surface area contributed by atoms with Crippen LogP contribution >= 0.6 is 11.6 Å². The molecular weight excluding hydrogens is 278 g/mol. The largest absolute Gasteiger partial charge is 0.744 e. The van der Waals surface area contributed by atoms with Gasteiger partial charge in [0.1, 0.15) is 10.1 Å². The Hall–Kier alpha value is -1.41. The topological polar surface area (TPSA) is 112 Å². The molecule has 2 aromatic rings. The van der Waals surface area contributed by atoms with E-state index in [4.69, 9.17) is 11.6 Å². The Labute approximate surface area is 110 Å². The molecule has 98 valence electrons. The fraction of sp³-hybridized carbons (Fsp3) is 0.100. The quantitative estimate of drug-likeness (QED) is 0.869. The average molecular weight is 290 g/mol. The fourth-order valence-electron chi connectivity index (χ4n) is 1.46. The van der Waals surface area contributed by atoms with E-state index in [0.717, 1.165) is 6.07 Å². The molecule has 0 bridgehead atoms. The van der Waals surface area contributed by atoms with Crippen molar-refractivity contribution in [2.24, 2.45) is 0 Å². The maximum Gasteiger partial charge on any atom is 0.124 e. The van der Waals surface area contributed by atoms with Crippen molar-refractivity contribution >= 4 is 21.7 Å². The van der Waals surface area contributed by atoms with Gasteiger partial charge in [-0.1, -0.05) is 17.7 Å². The molecule has 0 aliphatic heterocycles. The van der Waals surface area contributed by atoms with Crippen LogP contribution in [0.25, 0.3) is 0 Å². The van der Waals surface area contributed by atoms with Crippen LogP contribution in [0, 0.1) is 0 Å². The lowest BCUT2D eigenvalue weighted by Crippen LogP contribution is -2.08. The van der Waals surface area contributed by atoms with E-state index in [9.17, 15) is 13.0 Å². The van der Waals surface area contributed by atoms with E-state index in [0.29, 0.717) is 5.56 Å². The first kappa shape index (κ1) is 14.7. The van der Waals surface area contributed by atoms with Crippen molar-refractivity contribution in [3.63, 3.8) is 0 Å². The summed E-state index contributed by atoms with van der Waals surface area (Å²) in [6.45, 7) is 0.209. The molecule has 0 saturated heterocycles. The molecule has 0 aliphatic rings. The third-order valence-electron chi connectivity index (χ3n) is 2.19. The predicted molar refractivity (Wildman–Crippen MR) is 66.7 cm³/mol. The summed E-state index contributed by atoms with van der Waals surface area (Å²) in [5.41, 5.74) is 0.369. The standard InChI is InChI=1S/C10H9ClN2O3S.H3N/c11-9-3-2-8(7-13-5-1-4-12-13)10(6-9)17(14,15)16;/h1-6H,7H2,(H,14,15,16);1H3. The lowest BCUT2D eigenvalue weighted by atomic mass is 10.2. The molecule has 6 nitrogen and oxygen atoms in total. The zero-order valence-corrected chi connectivity index (χ0v) is 11.1. The number of hydrogen-bond acceptors (Lipinski definition) is 4. The molecule has 0 atom stereocenters. The number of hydrogen-bond donors (Lipinski definition) is 1. The van der Waals surface area contributed by atoms with Gasteiger partial charge in [0.25, 0.3) is 0 Å². The average Bonchev–Trinajstić information content (AvgIpc) is 2.72. The van der Waals surface area contributed by atoms with Gasteiger partial charge in [-0.05, 0) is 23.8 Å². The third kappa shape index (κ3) is 3.30.